The average molecular weight is 400 g/mol. The van der Waals surface area contributed by atoms with Crippen molar-refractivity contribution in [2.45, 2.75) is 16.5 Å². The Hall–Kier alpha value is -2.33. The van der Waals surface area contributed by atoms with Crippen LogP contribution in [0.5, 0.6) is 0 Å². The fraction of sp³-hybridized carbons (Fsp3) is 0.105. The van der Waals surface area contributed by atoms with E-state index in [2.05, 4.69) is 10.3 Å². The molecule has 0 aliphatic rings. The number of carbonyl (C=O) groups excluding carboxylic acids is 1. The van der Waals surface area contributed by atoms with Crippen LogP contribution in [0.25, 0.3) is 0 Å². The lowest BCUT2D eigenvalue weighted by Crippen LogP contribution is -2.14. The fourth-order valence-electron chi connectivity index (χ4n) is 2.21. The number of nitrogens with one attached hydrogen (secondary N) is 1. The van der Waals surface area contributed by atoms with Gasteiger partial charge in [-0.25, -0.2) is 4.98 Å². The third-order valence-electron chi connectivity index (χ3n) is 3.42. The van der Waals surface area contributed by atoms with Gasteiger partial charge >= 0.3 is 0 Å². The summed E-state index contributed by atoms with van der Waals surface area (Å²) in [5.41, 5.74) is 3.11. The number of aromatic nitrogens is 1. The van der Waals surface area contributed by atoms with Gasteiger partial charge in [0.25, 0.3) is 0 Å². The molecule has 3 aromatic rings. The van der Waals surface area contributed by atoms with Crippen molar-refractivity contribution in [3.8, 4) is 6.07 Å². The van der Waals surface area contributed by atoms with E-state index >= 15 is 0 Å². The number of carbonyl (C=O) groups is 1. The van der Waals surface area contributed by atoms with E-state index in [1.54, 1.807) is 36.0 Å². The molecule has 26 heavy (non-hydrogen) atoms. The molecule has 0 saturated carbocycles. The van der Waals surface area contributed by atoms with Gasteiger partial charge in [-0.2, -0.15) is 5.26 Å². The average Bonchev–Trinajstić information content (AvgIpc) is 3.08. The molecule has 0 unspecified atom stereocenters. The van der Waals surface area contributed by atoms with Crippen molar-refractivity contribution in [1.82, 2.24) is 4.98 Å². The lowest BCUT2D eigenvalue weighted by molar-refractivity contribution is -0.115. The van der Waals surface area contributed by atoms with Gasteiger partial charge in [0, 0.05) is 21.8 Å². The van der Waals surface area contributed by atoms with E-state index < -0.39 is 0 Å². The van der Waals surface area contributed by atoms with Crippen molar-refractivity contribution in [1.29, 1.82) is 5.26 Å². The number of benzene rings is 2. The third kappa shape index (κ3) is 5.33. The van der Waals surface area contributed by atoms with Gasteiger partial charge in [0.2, 0.25) is 5.91 Å². The number of nitriles is 1. The minimum Gasteiger partial charge on any atom is -0.326 e. The summed E-state index contributed by atoms with van der Waals surface area (Å²) in [6.45, 7) is 0. The lowest BCUT2D eigenvalue weighted by Gasteiger charge is -2.03. The van der Waals surface area contributed by atoms with Gasteiger partial charge in [-0.05, 0) is 42.0 Å². The molecule has 0 aliphatic heterocycles. The zero-order chi connectivity index (χ0) is 18.4. The van der Waals surface area contributed by atoms with Gasteiger partial charge in [-0.3, -0.25) is 4.79 Å². The van der Waals surface area contributed by atoms with Crippen molar-refractivity contribution < 1.29 is 4.79 Å². The van der Waals surface area contributed by atoms with Crippen molar-refractivity contribution in [3.05, 3.63) is 75.8 Å². The molecular weight excluding hydrogens is 386 g/mol. The number of amides is 1. The van der Waals surface area contributed by atoms with E-state index in [0.717, 1.165) is 26.4 Å². The predicted octanol–water partition coefficient (Wildman–Crippen LogP) is 5.14. The second-order valence-corrected chi connectivity index (χ2v) is 7.95. The highest BCUT2D eigenvalue weighted by molar-refractivity contribution is 8.00. The van der Waals surface area contributed by atoms with Gasteiger partial charge < -0.3 is 5.32 Å². The fourth-order valence-corrected chi connectivity index (χ4v) is 4.21. The van der Waals surface area contributed by atoms with E-state index in [4.69, 9.17) is 16.9 Å². The second-order valence-electron chi connectivity index (χ2n) is 5.44. The SMILES string of the molecule is N#Cc1ccc(NC(=O)Cc2csc(SCc3cccc(Cl)c3)n2)cc1. The molecular formula is C19H14ClN3OS2. The smallest absolute Gasteiger partial charge is 0.230 e. The molecule has 7 heteroatoms. The highest BCUT2D eigenvalue weighted by Gasteiger charge is 2.09. The topological polar surface area (TPSA) is 65.8 Å². The Morgan fingerprint density at radius 3 is 2.81 bits per heavy atom. The highest BCUT2D eigenvalue weighted by Crippen LogP contribution is 2.27. The first kappa shape index (κ1) is 18.5. The number of nitrogens with zero attached hydrogens (tertiary/aromatic N) is 2. The monoisotopic (exact) mass is 399 g/mol. The molecule has 0 fully saturated rings. The van der Waals surface area contributed by atoms with Crippen LogP contribution in [0, 0.1) is 11.3 Å². The largest absolute Gasteiger partial charge is 0.326 e. The third-order valence-corrected chi connectivity index (χ3v) is 5.80. The first-order chi connectivity index (χ1) is 12.6. The Morgan fingerprint density at radius 1 is 1.27 bits per heavy atom. The summed E-state index contributed by atoms with van der Waals surface area (Å²) in [5.74, 6) is 0.650. The molecule has 1 amide bonds. The van der Waals surface area contributed by atoms with E-state index in [9.17, 15) is 4.79 Å². The number of hydrogen-bond acceptors (Lipinski definition) is 5. The normalized spacial score (nSPS) is 10.3. The Kier molecular flexibility index (Phi) is 6.29. The van der Waals surface area contributed by atoms with Crippen LogP contribution in [0.15, 0.2) is 58.3 Å². The van der Waals surface area contributed by atoms with Crippen LogP contribution < -0.4 is 5.32 Å². The predicted molar refractivity (Wildman–Crippen MR) is 107 cm³/mol. The minimum atomic E-state index is -0.133. The van der Waals surface area contributed by atoms with E-state index in [-0.39, 0.29) is 12.3 Å². The molecule has 1 N–H and O–H groups in total. The van der Waals surface area contributed by atoms with Crippen molar-refractivity contribution in [2.24, 2.45) is 0 Å². The van der Waals surface area contributed by atoms with Crippen LogP contribution in [0.4, 0.5) is 5.69 Å². The molecule has 0 atom stereocenters. The Labute approximate surface area is 164 Å². The zero-order valence-corrected chi connectivity index (χ0v) is 16.0. The summed E-state index contributed by atoms with van der Waals surface area (Å²) < 4.78 is 0.922. The van der Waals surface area contributed by atoms with Gasteiger partial charge in [0.15, 0.2) is 0 Å². The van der Waals surface area contributed by atoms with Crippen LogP contribution >= 0.6 is 34.7 Å². The second kappa shape index (κ2) is 8.86. The number of thioether (sulfide) groups is 1. The van der Waals surface area contributed by atoms with Crippen molar-refractivity contribution in [2.75, 3.05) is 5.32 Å². The molecule has 1 heterocycles. The molecule has 0 radical (unpaired) electrons. The number of thiazole rings is 1. The van der Waals surface area contributed by atoms with Crippen LogP contribution in [-0.2, 0) is 17.0 Å². The molecule has 3 rings (SSSR count). The molecule has 130 valence electrons. The maximum absolute atomic E-state index is 12.1. The summed E-state index contributed by atoms with van der Waals surface area (Å²) >= 11 is 9.14. The van der Waals surface area contributed by atoms with Crippen LogP contribution in [0.3, 0.4) is 0 Å². The summed E-state index contributed by atoms with van der Waals surface area (Å²) in [7, 11) is 0. The number of rotatable bonds is 6. The first-order valence-electron chi connectivity index (χ1n) is 7.74. The highest BCUT2D eigenvalue weighted by atomic mass is 35.5. The van der Waals surface area contributed by atoms with Crippen molar-refractivity contribution in [3.63, 3.8) is 0 Å². The quantitative estimate of drug-likeness (QED) is 0.582. The Bertz CT molecular complexity index is 948. The van der Waals surface area contributed by atoms with Crippen molar-refractivity contribution >= 4 is 46.3 Å². The summed E-state index contributed by atoms with van der Waals surface area (Å²) in [6.07, 6.45) is 0.216. The lowest BCUT2D eigenvalue weighted by atomic mass is 10.2. The molecule has 4 nitrogen and oxygen atoms in total. The van der Waals surface area contributed by atoms with Crippen LogP contribution in [0.2, 0.25) is 5.02 Å². The maximum atomic E-state index is 12.1. The van der Waals surface area contributed by atoms with Gasteiger partial charge in [-0.15, -0.1) is 11.3 Å². The first-order valence-corrected chi connectivity index (χ1v) is 9.98. The molecule has 1 aromatic heterocycles. The Balaban J connectivity index is 1.52. The van der Waals surface area contributed by atoms with E-state index in [1.165, 1.54) is 11.3 Å². The molecule has 0 saturated heterocycles. The van der Waals surface area contributed by atoms with E-state index in [0.29, 0.717) is 11.3 Å². The zero-order valence-electron chi connectivity index (χ0n) is 13.6. The molecule has 0 spiro atoms. The summed E-state index contributed by atoms with van der Waals surface area (Å²) in [5, 5.41) is 14.2. The maximum Gasteiger partial charge on any atom is 0.230 e. The summed E-state index contributed by atoms with van der Waals surface area (Å²) in [4.78, 5) is 16.6. The van der Waals surface area contributed by atoms with Gasteiger partial charge in [0.1, 0.15) is 4.34 Å². The summed E-state index contributed by atoms with van der Waals surface area (Å²) in [6, 6.07) is 16.6. The molecule has 0 bridgehead atoms. The van der Waals surface area contributed by atoms with E-state index in [1.807, 2.05) is 35.7 Å². The Morgan fingerprint density at radius 2 is 2.08 bits per heavy atom. The molecule has 0 aliphatic carbocycles. The standard InChI is InChI=1S/C19H14ClN3OS2/c20-15-3-1-2-14(8-15)11-25-19-23-17(12-26-19)9-18(24)22-16-6-4-13(10-21)5-7-16/h1-8,12H,9,11H2,(H,22,24). The molecule has 2 aromatic carbocycles. The van der Waals surface area contributed by atoms with Crippen LogP contribution in [-0.4, -0.2) is 10.9 Å². The van der Waals surface area contributed by atoms with Gasteiger partial charge in [0.05, 0.1) is 23.7 Å². The van der Waals surface area contributed by atoms with Gasteiger partial charge in [-0.1, -0.05) is 35.5 Å². The number of anilines is 1. The van der Waals surface area contributed by atoms with Crippen LogP contribution in [0.1, 0.15) is 16.8 Å². The minimum absolute atomic E-state index is 0.133. The number of halogens is 1. The number of hydrogen-bond donors (Lipinski definition) is 1.